The molecule has 2 rings (SSSR count). The summed E-state index contributed by atoms with van der Waals surface area (Å²) in [6, 6.07) is 8.09. The highest BCUT2D eigenvalue weighted by Crippen LogP contribution is 2.16. The summed E-state index contributed by atoms with van der Waals surface area (Å²) in [5.74, 6) is 1.23. The molecule has 0 bridgehead atoms. The first-order valence-corrected chi connectivity index (χ1v) is 4.84. The lowest BCUT2D eigenvalue weighted by Gasteiger charge is -2.00. The van der Waals surface area contributed by atoms with Crippen LogP contribution in [-0.4, -0.2) is 17.2 Å². The van der Waals surface area contributed by atoms with Crippen molar-refractivity contribution >= 4 is 0 Å². The third-order valence-electron chi connectivity index (χ3n) is 2.09. The van der Waals surface area contributed by atoms with Crippen LogP contribution < -0.4 is 5.32 Å². The highest BCUT2D eigenvalue weighted by molar-refractivity contribution is 5.55. The Balaban J connectivity index is 2.32. The van der Waals surface area contributed by atoms with E-state index in [-0.39, 0.29) is 0 Å². The van der Waals surface area contributed by atoms with E-state index in [0.717, 1.165) is 12.1 Å². The van der Waals surface area contributed by atoms with E-state index in [0.29, 0.717) is 11.7 Å². The Labute approximate surface area is 88.3 Å². The molecule has 0 unspecified atom stereocenters. The second-order valence-corrected chi connectivity index (χ2v) is 3.37. The Morgan fingerprint density at radius 1 is 1.40 bits per heavy atom. The molecule has 1 heterocycles. The van der Waals surface area contributed by atoms with Gasteiger partial charge in [-0.3, -0.25) is 0 Å². The summed E-state index contributed by atoms with van der Waals surface area (Å²) in [5, 5.41) is 6.98. The van der Waals surface area contributed by atoms with Gasteiger partial charge in [0.05, 0.1) is 0 Å². The topological polar surface area (TPSA) is 51.0 Å². The largest absolute Gasteiger partial charge is 0.339 e. The Kier molecular flexibility index (Phi) is 2.78. The third-order valence-corrected chi connectivity index (χ3v) is 2.09. The number of rotatable bonds is 3. The molecule has 4 heteroatoms. The summed E-state index contributed by atoms with van der Waals surface area (Å²) in [5.41, 5.74) is 2.19. The lowest BCUT2D eigenvalue weighted by Crippen LogP contribution is -2.04. The van der Waals surface area contributed by atoms with Gasteiger partial charge in [-0.15, -0.1) is 0 Å². The molecule has 78 valence electrons. The van der Waals surface area contributed by atoms with Gasteiger partial charge in [-0.2, -0.15) is 4.98 Å². The van der Waals surface area contributed by atoms with Crippen molar-refractivity contribution in [2.45, 2.75) is 13.5 Å². The quantitative estimate of drug-likeness (QED) is 0.825. The van der Waals surface area contributed by atoms with Crippen LogP contribution in [0.2, 0.25) is 0 Å². The molecule has 15 heavy (non-hydrogen) atoms. The molecule has 0 fully saturated rings. The zero-order chi connectivity index (χ0) is 10.7. The van der Waals surface area contributed by atoms with E-state index in [9.17, 15) is 0 Å². The summed E-state index contributed by atoms with van der Waals surface area (Å²) in [7, 11) is 1.92. The normalized spacial score (nSPS) is 10.5. The van der Waals surface area contributed by atoms with Crippen LogP contribution in [0.5, 0.6) is 0 Å². The minimum atomic E-state index is 0.587. The zero-order valence-electron chi connectivity index (χ0n) is 8.82. The molecule has 1 aromatic heterocycles. The monoisotopic (exact) mass is 203 g/mol. The first-order chi connectivity index (χ1) is 7.29. The summed E-state index contributed by atoms with van der Waals surface area (Å²) in [6.07, 6.45) is 0. The second kappa shape index (κ2) is 4.23. The van der Waals surface area contributed by atoms with Gasteiger partial charge in [0.2, 0.25) is 11.7 Å². The molecule has 2 aromatic rings. The van der Waals surface area contributed by atoms with Crippen molar-refractivity contribution in [3.8, 4) is 11.4 Å². The highest BCUT2D eigenvalue weighted by Gasteiger charge is 2.05. The number of nitrogens with zero attached hydrogens (tertiary/aromatic N) is 2. The van der Waals surface area contributed by atoms with Crippen LogP contribution in [0.1, 0.15) is 11.5 Å². The predicted molar refractivity (Wildman–Crippen MR) is 57.2 cm³/mol. The molecule has 0 aliphatic heterocycles. The van der Waals surface area contributed by atoms with Crippen LogP contribution in [0, 0.1) is 6.92 Å². The van der Waals surface area contributed by atoms with Gasteiger partial charge in [-0.1, -0.05) is 23.4 Å². The first kappa shape index (κ1) is 9.86. The molecule has 1 aromatic carbocycles. The van der Waals surface area contributed by atoms with E-state index in [4.69, 9.17) is 4.52 Å². The molecule has 0 aliphatic rings. The Morgan fingerprint density at radius 3 is 2.93 bits per heavy atom. The van der Waals surface area contributed by atoms with Crippen LogP contribution in [-0.2, 0) is 6.54 Å². The van der Waals surface area contributed by atoms with Gasteiger partial charge in [-0.05, 0) is 18.7 Å². The Bertz CT molecular complexity index is 451. The molecule has 0 atom stereocenters. The Hall–Kier alpha value is -1.68. The first-order valence-electron chi connectivity index (χ1n) is 4.84. The van der Waals surface area contributed by atoms with Gasteiger partial charge in [0.25, 0.3) is 0 Å². The van der Waals surface area contributed by atoms with Crippen molar-refractivity contribution in [1.29, 1.82) is 0 Å². The summed E-state index contributed by atoms with van der Waals surface area (Å²) >= 11 is 0. The minimum absolute atomic E-state index is 0.587. The standard InChI is InChI=1S/C11H13N3O/c1-8-13-11(14-15-8)10-5-3-4-9(6-10)7-12-2/h3-6,12H,7H2,1-2H3. The second-order valence-electron chi connectivity index (χ2n) is 3.37. The molecular weight excluding hydrogens is 190 g/mol. The average molecular weight is 203 g/mol. The van der Waals surface area contributed by atoms with Crippen LogP contribution in [0.3, 0.4) is 0 Å². The van der Waals surface area contributed by atoms with E-state index in [1.54, 1.807) is 6.92 Å². The van der Waals surface area contributed by atoms with E-state index in [1.807, 2.05) is 19.2 Å². The number of hydrogen-bond donors (Lipinski definition) is 1. The van der Waals surface area contributed by atoms with Crippen molar-refractivity contribution in [1.82, 2.24) is 15.5 Å². The lowest BCUT2D eigenvalue weighted by molar-refractivity contribution is 0.394. The molecule has 0 spiro atoms. The van der Waals surface area contributed by atoms with Crippen LogP contribution >= 0.6 is 0 Å². The maximum absolute atomic E-state index is 4.94. The lowest BCUT2D eigenvalue weighted by atomic mass is 10.1. The fourth-order valence-corrected chi connectivity index (χ4v) is 1.44. The molecule has 0 saturated heterocycles. The van der Waals surface area contributed by atoms with E-state index in [1.165, 1.54) is 5.56 Å². The van der Waals surface area contributed by atoms with Crippen molar-refractivity contribution < 1.29 is 4.52 Å². The molecule has 1 N–H and O–H groups in total. The maximum atomic E-state index is 4.94. The Morgan fingerprint density at radius 2 is 2.27 bits per heavy atom. The summed E-state index contributed by atoms with van der Waals surface area (Å²) in [4.78, 5) is 4.18. The van der Waals surface area contributed by atoms with Gasteiger partial charge < -0.3 is 9.84 Å². The van der Waals surface area contributed by atoms with Crippen molar-refractivity contribution in [3.05, 3.63) is 35.7 Å². The molecule has 0 saturated carbocycles. The molecular formula is C11H13N3O. The van der Waals surface area contributed by atoms with Crippen LogP contribution in [0.25, 0.3) is 11.4 Å². The fraction of sp³-hybridized carbons (Fsp3) is 0.273. The van der Waals surface area contributed by atoms with Gasteiger partial charge in [-0.25, -0.2) is 0 Å². The summed E-state index contributed by atoms with van der Waals surface area (Å²) in [6.45, 7) is 2.62. The number of nitrogens with one attached hydrogen (secondary N) is 1. The van der Waals surface area contributed by atoms with E-state index >= 15 is 0 Å². The highest BCUT2D eigenvalue weighted by atomic mass is 16.5. The third kappa shape index (κ3) is 2.22. The zero-order valence-corrected chi connectivity index (χ0v) is 8.82. The van der Waals surface area contributed by atoms with Crippen molar-refractivity contribution in [2.75, 3.05) is 7.05 Å². The molecule has 0 aliphatic carbocycles. The average Bonchev–Trinajstić information content (AvgIpc) is 2.66. The number of aromatic nitrogens is 2. The molecule has 4 nitrogen and oxygen atoms in total. The predicted octanol–water partition coefficient (Wildman–Crippen LogP) is 1.76. The van der Waals surface area contributed by atoms with E-state index in [2.05, 4.69) is 27.6 Å². The molecule has 0 radical (unpaired) electrons. The molecule has 0 amide bonds. The SMILES string of the molecule is CNCc1cccc(-c2noc(C)n2)c1. The number of hydrogen-bond acceptors (Lipinski definition) is 4. The smallest absolute Gasteiger partial charge is 0.223 e. The van der Waals surface area contributed by atoms with Gasteiger partial charge >= 0.3 is 0 Å². The van der Waals surface area contributed by atoms with Crippen LogP contribution in [0.15, 0.2) is 28.8 Å². The number of aryl methyl sites for hydroxylation is 1. The van der Waals surface area contributed by atoms with Crippen molar-refractivity contribution in [2.24, 2.45) is 0 Å². The summed E-state index contributed by atoms with van der Waals surface area (Å²) < 4.78 is 4.94. The van der Waals surface area contributed by atoms with Gasteiger partial charge in [0.15, 0.2) is 0 Å². The number of benzene rings is 1. The van der Waals surface area contributed by atoms with Gasteiger partial charge in [0.1, 0.15) is 0 Å². The van der Waals surface area contributed by atoms with Gasteiger partial charge in [0, 0.05) is 19.0 Å². The van der Waals surface area contributed by atoms with Crippen molar-refractivity contribution in [3.63, 3.8) is 0 Å². The maximum Gasteiger partial charge on any atom is 0.223 e. The van der Waals surface area contributed by atoms with Crippen LogP contribution in [0.4, 0.5) is 0 Å². The van der Waals surface area contributed by atoms with E-state index < -0.39 is 0 Å². The minimum Gasteiger partial charge on any atom is -0.339 e. The fourth-order valence-electron chi connectivity index (χ4n) is 1.44.